The van der Waals surface area contributed by atoms with Crippen molar-refractivity contribution >= 4 is 39.3 Å². The number of aromatic amines is 1. The largest absolute Gasteiger partial charge is 0.329 e. The van der Waals surface area contributed by atoms with Gasteiger partial charge in [-0.1, -0.05) is 6.07 Å². The minimum absolute atomic E-state index is 0.662. The summed E-state index contributed by atoms with van der Waals surface area (Å²) in [4.78, 5) is 7.75. The molecule has 1 N–H and O–H groups in total. The lowest BCUT2D eigenvalue weighted by molar-refractivity contribution is 1.02. The fourth-order valence-electron chi connectivity index (χ4n) is 2.53. The van der Waals surface area contributed by atoms with E-state index in [4.69, 9.17) is 12.2 Å². The molecule has 3 nitrogen and oxygen atoms in total. The van der Waals surface area contributed by atoms with Crippen molar-refractivity contribution in [3.05, 3.63) is 50.3 Å². The highest BCUT2D eigenvalue weighted by molar-refractivity contribution is 9.10. The Morgan fingerprint density at radius 3 is 2.65 bits per heavy atom. The zero-order chi connectivity index (χ0) is 14.4. The Balaban J connectivity index is 2.45. The van der Waals surface area contributed by atoms with E-state index in [9.17, 15) is 0 Å². The van der Waals surface area contributed by atoms with E-state index in [2.05, 4.69) is 58.8 Å². The van der Waals surface area contributed by atoms with Crippen molar-refractivity contribution in [2.24, 2.45) is 0 Å². The third-order valence-electron chi connectivity index (χ3n) is 3.41. The van der Waals surface area contributed by atoms with Gasteiger partial charge in [-0.25, -0.2) is 4.98 Å². The molecule has 0 fully saturated rings. The first-order valence-corrected chi connectivity index (χ1v) is 7.52. The van der Waals surface area contributed by atoms with E-state index in [1.54, 1.807) is 0 Å². The molecule has 0 unspecified atom stereocenters. The standard InChI is InChI=1S/C15H14BrN3S/c1-8-6-10(3)13(11(16)7-8)19-14-12(18-15(19)20)9(2)4-5-17-14/h4-7H,1-3H3,(H,18,20). The van der Waals surface area contributed by atoms with Crippen LogP contribution in [0.1, 0.15) is 16.7 Å². The van der Waals surface area contributed by atoms with E-state index in [1.807, 2.05) is 16.8 Å². The fraction of sp³-hybridized carbons (Fsp3) is 0.200. The van der Waals surface area contributed by atoms with E-state index >= 15 is 0 Å². The summed E-state index contributed by atoms with van der Waals surface area (Å²) in [6.07, 6.45) is 1.81. The van der Waals surface area contributed by atoms with Crippen LogP contribution in [0.15, 0.2) is 28.9 Å². The molecule has 102 valence electrons. The van der Waals surface area contributed by atoms with Crippen LogP contribution in [0.2, 0.25) is 0 Å². The second-order valence-corrected chi connectivity index (χ2v) is 6.25. The number of H-pyrrole nitrogens is 1. The van der Waals surface area contributed by atoms with Crippen LogP contribution >= 0.6 is 28.1 Å². The maximum absolute atomic E-state index is 5.49. The minimum atomic E-state index is 0.662. The first-order valence-electron chi connectivity index (χ1n) is 6.32. The summed E-state index contributed by atoms with van der Waals surface area (Å²) in [6.45, 7) is 6.22. The van der Waals surface area contributed by atoms with Gasteiger partial charge in [0.25, 0.3) is 0 Å². The Bertz CT molecular complexity index is 853. The van der Waals surface area contributed by atoms with Crippen molar-refractivity contribution in [3.8, 4) is 5.69 Å². The molecule has 0 aliphatic heterocycles. The van der Waals surface area contributed by atoms with Crippen LogP contribution in [0.4, 0.5) is 0 Å². The molecule has 0 saturated carbocycles. The van der Waals surface area contributed by atoms with Gasteiger partial charge < -0.3 is 4.98 Å². The number of benzene rings is 1. The van der Waals surface area contributed by atoms with Crippen LogP contribution in [0, 0.1) is 25.5 Å². The molecule has 0 aliphatic carbocycles. The fourth-order valence-corrected chi connectivity index (χ4v) is 3.66. The van der Waals surface area contributed by atoms with Gasteiger partial charge in [-0.05, 0) is 77.7 Å². The lowest BCUT2D eigenvalue weighted by Gasteiger charge is -2.11. The Morgan fingerprint density at radius 2 is 1.95 bits per heavy atom. The number of imidazole rings is 1. The lowest BCUT2D eigenvalue weighted by Crippen LogP contribution is -2.00. The van der Waals surface area contributed by atoms with Crippen LogP contribution in [0.5, 0.6) is 0 Å². The number of fused-ring (bicyclic) bond motifs is 1. The van der Waals surface area contributed by atoms with Crippen molar-refractivity contribution in [2.75, 3.05) is 0 Å². The number of aryl methyl sites for hydroxylation is 3. The molecular formula is C15H14BrN3S. The average Bonchev–Trinajstić information content (AvgIpc) is 2.67. The van der Waals surface area contributed by atoms with Crippen molar-refractivity contribution in [1.29, 1.82) is 0 Å². The summed E-state index contributed by atoms with van der Waals surface area (Å²) in [6, 6.07) is 6.23. The number of aromatic nitrogens is 3. The quantitative estimate of drug-likeness (QED) is 0.643. The highest BCUT2D eigenvalue weighted by atomic mass is 79.9. The highest BCUT2D eigenvalue weighted by Crippen LogP contribution is 2.29. The molecule has 3 aromatic rings. The average molecular weight is 348 g/mol. The van der Waals surface area contributed by atoms with E-state index in [1.165, 1.54) is 5.56 Å². The molecule has 0 bridgehead atoms. The highest BCUT2D eigenvalue weighted by Gasteiger charge is 2.14. The van der Waals surface area contributed by atoms with Gasteiger partial charge in [0.1, 0.15) is 0 Å². The second kappa shape index (κ2) is 4.82. The maximum Gasteiger partial charge on any atom is 0.184 e. The van der Waals surface area contributed by atoms with Gasteiger partial charge in [-0.2, -0.15) is 0 Å². The molecule has 5 heteroatoms. The molecule has 20 heavy (non-hydrogen) atoms. The Labute approximate surface area is 130 Å². The summed E-state index contributed by atoms with van der Waals surface area (Å²) in [7, 11) is 0. The molecule has 2 heterocycles. The van der Waals surface area contributed by atoms with Crippen LogP contribution in [0.3, 0.4) is 0 Å². The van der Waals surface area contributed by atoms with Crippen molar-refractivity contribution < 1.29 is 0 Å². The number of halogens is 1. The van der Waals surface area contributed by atoms with Gasteiger partial charge in [-0.15, -0.1) is 0 Å². The molecule has 2 aromatic heterocycles. The van der Waals surface area contributed by atoms with E-state index in [0.717, 1.165) is 32.5 Å². The molecular weight excluding hydrogens is 334 g/mol. The van der Waals surface area contributed by atoms with Gasteiger partial charge in [-0.3, -0.25) is 4.57 Å². The summed E-state index contributed by atoms with van der Waals surface area (Å²) < 4.78 is 3.68. The number of pyridine rings is 1. The zero-order valence-electron chi connectivity index (χ0n) is 11.5. The first kappa shape index (κ1) is 13.5. The lowest BCUT2D eigenvalue weighted by atomic mass is 10.1. The summed E-state index contributed by atoms with van der Waals surface area (Å²) >= 11 is 9.14. The predicted molar refractivity (Wildman–Crippen MR) is 88.2 cm³/mol. The summed E-state index contributed by atoms with van der Waals surface area (Å²) in [5.41, 5.74) is 6.42. The third kappa shape index (κ3) is 2.01. The topological polar surface area (TPSA) is 33.6 Å². The second-order valence-electron chi connectivity index (χ2n) is 5.00. The number of hydrogen-bond acceptors (Lipinski definition) is 2. The van der Waals surface area contributed by atoms with E-state index in [-0.39, 0.29) is 0 Å². The number of rotatable bonds is 1. The molecule has 0 aliphatic rings. The molecule has 1 aromatic carbocycles. The van der Waals surface area contributed by atoms with Gasteiger partial charge in [0.05, 0.1) is 11.2 Å². The Morgan fingerprint density at radius 1 is 1.20 bits per heavy atom. The zero-order valence-corrected chi connectivity index (χ0v) is 13.9. The van der Waals surface area contributed by atoms with Crippen molar-refractivity contribution in [3.63, 3.8) is 0 Å². The van der Waals surface area contributed by atoms with Crippen LogP contribution < -0.4 is 0 Å². The number of hydrogen-bond donors (Lipinski definition) is 1. The van der Waals surface area contributed by atoms with Crippen LogP contribution in [-0.4, -0.2) is 14.5 Å². The number of nitrogens with one attached hydrogen (secondary N) is 1. The predicted octanol–water partition coefficient (Wildman–Crippen LogP) is 4.77. The van der Waals surface area contributed by atoms with Gasteiger partial charge in [0, 0.05) is 10.7 Å². The molecule has 0 spiro atoms. The molecule has 0 saturated heterocycles. The number of nitrogens with zero attached hydrogens (tertiary/aromatic N) is 2. The SMILES string of the molecule is Cc1cc(C)c(-n2c(=S)[nH]c3c(C)ccnc32)c(Br)c1. The minimum Gasteiger partial charge on any atom is -0.329 e. The first-order chi connectivity index (χ1) is 9.49. The van der Waals surface area contributed by atoms with Crippen molar-refractivity contribution in [2.45, 2.75) is 20.8 Å². The van der Waals surface area contributed by atoms with Crippen LogP contribution in [0.25, 0.3) is 16.9 Å². The smallest absolute Gasteiger partial charge is 0.184 e. The van der Waals surface area contributed by atoms with Gasteiger partial charge >= 0.3 is 0 Å². The molecule has 3 rings (SSSR count). The monoisotopic (exact) mass is 347 g/mol. The normalized spacial score (nSPS) is 11.2. The third-order valence-corrected chi connectivity index (χ3v) is 4.30. The van der Waals surface area contributed by atoms with E-state index < -0.39 is 0 Å². The maximum atomic E-state index is 5.49. The summed E-state index contributed by atoms with van der Waals surface area (Å²) in [5.74, 6) is 0. The molecule has 0 radical (unpaired) electrons. The summed E-state index contributed by atoms with van der Waals surface area (Å²) in [5, 5.41) is 0. The molecule has 0 atom stereocenters. The van der Waals surface area contributed by atoms with Crippen molar-refractivity contribution in [1.82, 2.24) is 14.5 Å². The van der Waals surface area contributed by atoms with E-state index in [0.29, 0.717) is 4.77 Å². The molecule has 0 amide bonds. The Hall–Kier alpha value is -1.46. The van der Waals surface area contributed by atoms with Crippen LogP contribution in [-0.2, 0) is 0 Å². The van der Waals surface area contributed by atoms with Gasteiger partial charge in [0.15, 0.2) is 10.4 Å². The Kier molecular flexibility index (Phi) is 3.26. The van der Waals surface area contributed by atoms with Gasteiger partial charge in [0.2, 0.25) is 0 Å².